The van der Waals surface area contributed by atoms with Gasteiger partial charge in [-0.2, -0.15) is 0 Å². The van der Waals surface area contributed by atoms with E-state index < -0.39 is 6.16 Å². The molecule has 36 heavy (non-hydrogen) atoms. The Morgan fingerprint density at radius 1 is 0.944 bits per heavy atom. The maximum absolute atomic E-state index is 11.1. The minimum absolute atomic E-state index is 0.324. The summed E-state index contributed by atoms with van der Waals surface area (Å²) < 4.78 is 13.5. The number of unbranched alkanes of at least 4 members (excludes halogenated alkanes) is 2. The molecule has 0 aliphatic carbocycles. The fourth-order valence-electron chi connectivity index (χ4n) is 4.38. The molecule has 1 aromatic heterocycles. The van der Waals surface area contributed by atoms with Gasteiger partial charge in [-0.05, 0) is 48.6 Å². The minimum atomic E-state index is -1.32. The molecule has 4 aromatic rings. The molecule has 4 rings (SSSR count). The Labute approximate surface area is 212 Å². The molecule has 0 atom stereocenters. The molecule has 0 amide bonds. The second-order valence-electron chi connectivity index (χ2n) is 9.06. The van der Waals surface area contributed by atoms with Gasteiger partial charge in [-0.25, -0.2) is 9.78 Å². The lowest BCUT2D eigenvalue weighted by Gasteiger charge is -2.14. The first-order valence-corrected chi connectivity index (χ1v) is 12.7. The second-order valence-corrected chi connectivity index (χ2v) is 9.06. The van der Waals surface area contributed by atoms with E-state index in [1.165, 1.54) is 0 Å². The van der Waals surface area contributed by atoms with Crippen molar-refractivity contribution in [3.8, 4) is 22.6 Å². The number of rotatable bonds is 11. The molecule has 6 heteroatoms. The van der Waals surface area contributed by atoms with Crippen LogP contribution in [0.4, 0.5) is 4.79 Å². The molecule has 0 fully saturated rings. The third kappa shape index (κ3) is 5.70. The number of nitrogens with zero attached hydrogens (tertiary/aromatic N) is 2. The Balaban J connectivity index is 1.70. The molecule has 6 nitrogen and oxygen atoms in total. The van der Waals surface area contributed by atoms with Gasteiger partial charge in [0.1, 0.15) is 22.8 Å². The van der Waals surface area contributed by atoms with Gasteiger partial charge in [-0.3, -0.25) is 0 Å². The molecular weight excluding hydrogens is 452 g/mol. The lowest BCUT2D eigenvalue weighted by molar-refractivity contribution is 0.144. The van der Waals surface area contributed by atoms with Gasteiger partial charge >= 0.3 is 6.16 Å². The summed E-state index contributed by atoms with van der Waals surface area (Å²) in [5.41, 5.74) is 5.98. The van der Waals surface area contributed by atoms with Crippen LogP contribution in [-0.2, 0) is 13.0 Å². The zero-order chi connectivity index (χ0) is 25.5. The number of hydrogen-bond acceptors (Lipinski definition) is 4. The molecule has 0 aliphatic rings. The lowest BCUT2D eigenvalue weighted by Crippen LogP contribution is -2.07. The Morgan fingerprint density at radius 2 is 1.69 bits per heavy atom. The quantitative estimate of drug-likeness (QED) is 0.134. The van der Waals surface area contributed by atoms with Crippen molar-refractivity contribution in [3.05, 3.63) is 77.6 Å². The fraction of sp³-hybridized carbons (Fsp3) is 0.333. The van der Waals surface area contributed by atoms with Crippen LogP contribution in [0.3, 0.4) is 0 Å². The predicted octanol–water partition coefficient (Wildman–Crippen LogP) is 7.64. The third-order valence-corrected chi connectivity index (χ3v) is 6.34. The standard InChI is InChI=1S/C30H34N2O4/c1-4-6-12-27-31-28-21(3)13-18-26(35-19-7-5-2)29(28)32(27)20-22-14-16-23(17-15-22)24-10-8-9-11-25(24)36-30(33)34/h8-11,13-18H,4-7,12,19-20H2,1-3H3,(H,33,34). The van der Waals surface area contributed by atoms with Gasteiger partial charge in [0.05, 0.1) is 12.1 Å². The molecule has 1 heterocycles. The summed E-state index contributed by atoms with van der Waals surface area (Å²) in [5.74, 6) is 2.28. The summed E-state index contributed by atoms with van der Waals surface area (Å²) in [4.78, 5) is 16.1. The van der Waals surface area contributed by atoms with Crippen LogP contribution in [0.1, 0.15) is 56.5 Å². The van der Waals surface area contributed by atoms with Gasteiger partial charge in [-0.1, -0.05) is 75.2 Å². The number of aryl methyl sites for hydroxylation is 2. The SMILES string of the molecule is CCCCOc1ccc(C)c2nc(CCCC)n(Cc3ccc(-c4ccccc4OC(=O)O)cc3)c12. The van der Waals surface area contributed by atoms with Crippen LogP contribution in [0, 0.1) is 6.92 Å². The number of carbonyl (C=O) groups is 1. The molecule has 0 unspecified atom stereocenters. The molecule has 1 N–H and O–H groups in total. The normalized spacial score (nSPS) is 11.1. The van der Waals surface area contributed by atoms with E-state index in [0.717, 1.165) is 77.0 Å². The van der Waals surface area contributed by atoms with E-state index in [0.29, 0.717) is 18.9 Å². The third-order valence-electron chi connectivity index (χ3n) is 6.34. The summed E-state index contributed by atoms with van der Waals surface area (Å²) in [6.07, 6.45) is 3.88. The van der Waals surface area contributed by atoms with Crippen LogP contribution in [0.2, 0.25) is 0 Å². The topological polar surface area (TPSA) is 73.6 Å². The Morgan fingerprint density at radius 3 is 2.42 bits per heavy atom. The summed E-state index contributed by atoms with van der Waals surface area (Å²) in [6.45, 7) is 7.83. The summed E-state index contributed by atoms with van der Waals surface area (Å²) >= 11 is 0. The lowest BCUT2D eigenvalue weighted by atomic mass is 10.0. The average Bonchev–Trinajstić information content (AvgIpc) is 3.24. The van der Waals surface area contributed by atoms with Crippen molar-refractivity contribution in [2.24, 2.45) is 0 Å². The first-order chi connectivity index (χ1) is 17.5. The number of aromatic nitrogens is 2. The predicted molar refractivity (Wildman–Crippen MR) is 143 cm³/mol. The van der Waals surface area contributed by atoms with Crippen molar-refractivity contribution in [1.82, 2.24) is 9.55 Å². The number of carboxylic acid groups (broad SMARTS) is 1. The number of hydrogen-bond donors (Lipinski definition) is 1. The molecular formula is C30H34N2O4. The molecule has 3 aromatic carbocycles. The first kappa shape index (κ1) is 25.3. The first-order valence-electron chi connectivity index (χ1n) is 12.7. The van der Waals surface area contributed by atoms with Crippen LogP contribution >= 0.6 is 0 Å². The van der Waals surface area contributed by atoms with E-state index >= 15 is 0 Å². The Kier molecular flexibility index (Phi) is 8.26. The van der Waals surface area contributed by atoms with Crippen molar-refractivity contribution in [2.45, 2.75) is 59.4 Å². The monoisotopic (exact) mass is 486 g/mol. The summed E-state index contributed by atoms with van der Waals surface area (Å²) in [7, 11) is 0. The van der Waals surface area contributed by atoms with E-state index in [-0.39, 0.29) is 0 Å². The molecule has 0 radical (unpaired) electrons. The van der Waals surface area contributed by atoms with Gasteiger partial charge < -0.3 is 19.1 Å². The number of fused-ring (bicyclic) bond motifs is 1. The van der Waals surface area contributed by atoms with Crippen LogP contribution < -0.4 is 9.47 Å². The van der Waals surface area contributed by atoms with E-state index in [1.54, 1.807) is 12.1 Å². The second kappa shape index (κ2) is 11.8. The number of ether oxygens (including phenoxy) is 2. The van der Waals surface area contributed by atoms with E-state index in [4.69, 9.17) is 19.6 Å². The average molecular weight is 487 g/mol. The number of para-hydroxylation sites is 1. The highest BCUT2D eigenvalue weighted by atomic mass is 16.7. The van der Waals surface area contributed by atoms with E-state index in [1.807, 2.05) is 24.3 Å². The van der Waals surface area contributed by atoms with Gasteiger partial charge in [0.15, 0.2) is 0 Å². The van der Waals surface area contributed by atoms with E-state index in [9.17, 15) is 4.79 Å². The van der Waals surface area contributed by atoms with Crippen LogP contribution in [0.15, 0.2) is 60.7 Å². The Bertz CT molecular complexity index is 1330. The van der Waals surface area contributed by atoms with E-state index in [2.05, 4.69) is 49.6 Å². The zero-order valence-corrected chi connectivity index (χ0v) is 21.3. The number of benzene rings is 3. The molecule has 0 aliphatic heterocycles. The molecule has 0 bridgehead atoms. The van der Waals surface area contributed by atoms with Gasteiger partial charge in [0.2, 0.25) is 0 Å². The van der Waals surface area contributed by atoms with Crippen molar-refractivity contribution < 1.29 is 19.4 Å². The fourth-order valence-corrected chi connectivity index (χ4v) is 4.38. The van der Waals surface area contributed by atoms with Crippen molar-refractivity contribution in [2.75, 3.05) is 6.61 Å². The van der Waals surface area contributed by atoms with Gasteiger partial charge in [0, 0.05) is 18.5 Å². The highest BCUT2D eigenvalue weighted by Gasteiger charge is 2.17. The molecule has 0 spiro atoms. The van der Waals surface area contributed by atoms with Gasteiger partial charge in [0.25, 0.3) is 0 Å². The van der Waals surface area contributed by atoms with Crippen LogP contribution in [0.25, 0.3) is 22.2 Å². The molecule has 0 saturated carbocycles. The highest BCUT2D eigenvalue weighted by Crippen LogP contribution is 2.33. The van der Waals surface area contributed by atoms with Gasteiger partial charge in [-0.15, -0.1) is 0 Å². The molecule has 188 valence electrons. The van der Waals surface area contributed by atoms with Crippen LogP contribution in [-0.4, -0.2) is 27.4 Å². The molecule has 0 saturated heterocycles. The smallest absolute Gasteiger partial charge is 0.491 e. The highest BCUT2D eigenvalue weighted by molar-refractivity contribution is 5.86. The largest absolute Gasteiger partial charge is 0.511 e. The maximum atomic E-state index is 11.1. The zero-order valence-electron chi connectivity index (χ0n) is 21.3. The van der Waals surface area contributed by atoms with Crippen molar-refractivity contribution >= 4 is 17.2 Å². The summed E-state index contributed by atoms with van der Waals surface area (Å²) in [5, 5.41) is 9.07. The summed E-state index contributed by atoms with van der Waals surface area (Å²) in [6, 6.07) is 19.5. The Hall–Kier alpha value is -3.80. The van der Waals surface area contributed by atoms with Crippen molar-refractivity contribution in [1.29, 1.82) is 0 Å². The van der Waals surface area contributed by atoms with Crippen molar-refractivity contribution in [3.63, 3.8) is 0 Å². The number of imidazole rings is 1. The minimum Gasteiger partial charge on any atom is -0.491 e. The maximum Gasteiger partial charge on any atom is 0.511 e. The van der Waals surface area contributed by atoms with Crippen LogP contribution in [0.5, 0.6) is 11.5 Å².